The summed E-state index contributed by atoms with van der Waals surface area (Å²) >= 11 is 0. The number of nitrogens with zero attached hydrogens (tertiary/aromatic N) is 2. The molecule has 4 N–H and O–H groups in total. The van der Waals surface area contributed by atoms with E-state index in [9.17, 15) is 20.4 Å². The van der Waals surface area contributed by atoms with Crippen LogP contribution in [0.4, 0.5) is 0 Å². The van der Waals surface area contributed by atoms with Gasteiger partial charge in [0.1, 0.15) is 23.0 Å². The first-order chi connectivity index (χ1) is 11.3. The van der Waals surface area contributed by atoms with Crippen molar-refractivity contribution < 1.29 is 20.4 Å². The molecule has 2 aromatic carbocycles. The maximum absolute atomic E-state index is 9.85. The fourth-order valence-electron chi connectivity index (χ4n) is 3.61. The largest absolute Gasteiger partial charge is 0.508 e. The molecule has 1 fully saturated rings. The van der Waals surface area contributed by atoms with Gasteiger partial charge in [0, 0.05) is 12.1 Å². The predicted octanol–water partition coefficient (Wildman–Crippen LogP) is 2.51. The van der Waals surface area contributed by atoms with Gasteiger partial charge in [-0.05, 0) is 56.4 Å². The van der Waals surface area contributed by atoms with E-state index in [1.54, 1.807) is 24.3 Å². The molecule has 1 aliphatic rings. The van der Waals surface area contributed by atoms with Crippen molar-refractivity contribution in [3.8, 4) is 23.0 Å². The second-order valence-electron chi connectivity index (χ2n) is 6.42. The number of aromatic hydroxyl groups is 4. The van der Waals surface area contributed by atoms with E-state index in [4.69, 9.17) is 0 Å². The standard InChI is InChI=1S/C18H22N2O4/c1-10-19(2)17(11-4-13(21)8-14(22)5-11)18(20(10)3)12-6-15(23)9-16(24)7-12/h4-10,17-18,21-24H,1-3H3/t17-,18-/m1/s1. The number of hydrogen-bond acceptors (Lipinski definition) is 6. The van der Waals surface area contributed by atoms with Gasteiger partial charge < -0.3 is 20.4 Å². The minimum absolute atomic E-state index is 0.00175. The Morgan fingerprint density at radius 3 is 1.21 bits per heavy atom. The molecule has 1 saturated heterocycles. The van der Waals surface area contributed by atoms with Crippen LogP contribution in [0.5, 0.6) is 23.0 Å². The van der Waals surface area contributed by atoms with Crippen molar-refractivity contribution in [3.63, 3.8) is 0 Å². The van der Waals surface area contributed by atoms with Crippen LogP contribution >= 0.6 is 0 Å². The molecule has 6 heteroatoms. The van der Waals surface area contributed by atoms with Crippen LogP contribution in [-0.2, 0) is 0 Å². The zero-order chi connectivity index (χ0) is 17.6. The first-order valence-corrected chi connectivity index (χ1v) is 7.77. The molecular weight excluding hydrogens is 308 g/mol. The zero-order valence-electron chi connectivity index (χ0n) is 13.9. The van der Waals surface area contributed by atoms with Crippen LogP contribution < -0.4 is 0 Å². The summed E-state index contributed by atoms with van der Waals surface area (Å²) in [5.41, 5.74) is 1.53. The maximum Gasteiger partial charge on any atom is 0.119 e. The van der Waals surface area contributed by atoms with Crippen LogP contribution in [0, 0.1) is 0 Å². The first-order valence-electron chi connectivity index (χ1n) is 7.77. The van der Waals surface area contributed by atoms with Gasteiger partial charge in [-0.25, -0.2) is 0 Å². The average Bonchev–Trinajstić information content (AvgIpc) is 2.69. The minimum atomic E-state index is -0.163. The number of phenols is 4. The van der Waals surface area contributed by atoms with Crippen molar-refractivity contribution in [2.24, 2.45) is 0 Å². The predicted molar refractivity (Wildman–Crippen MR) is 90.0 cm³/mol. The molecule has 3 rings (SSSR count). The molecule has 0 amide bonds. The van der Waals surface area contributed by atoms with E-state index in [0.29, 0.717) is 0 Å². The third kappa shape index (κ3) is 2.74. The highest BCUT2D eigenvalue weighted by molar-refractivity contribution is 5.43. The highest BCUT2D eigenvalue weighted by Gasteiger charge is 2.43. The Morgan fingerprint density at radius 2 is 0.917 bits per heavy atom. The maximum atomic E-state index is 9.85. The second-order valence-corrected chi connectivity index (χ2v) is 6.42. The van der Waals surface area contributed by atoms with Crippen molar-refractivity contribution in [3.05, 3.63) is 47.5 Å². The van der Waals surface area contributed by atoms with Gasteiger partial charge >= 0.3 is 0 Å². The minimum Gasteiger partial charge on any atom is -0.508 e. The summed E-state index contributed by atoms with van der Waals surface area (Å²) in [6, 6.07) is 8.77. The van der Waals surface area contributed by atoms with E-state index in [-0.39, 0.29) is 41.2 Å². The number of likely N-dealkylation sites (N-methyl/N-ethyl adjacent to an activating group) is 2. The van der Waals surface area contributed by atoms with E-state index < -0.39 is 0 Å². The Kier molecular flexibility index (Phi) is 4.03. The molecule has 1 aliphatic heterocycles. The lowest BCUT2D eigenvalue weighted by atomic mass is 9.93. The Bertz CT molecular complexity index is 661. The van der Waals surface area contributed by atoms with E-state index in [0.717, 1.165) is 11.1 Å². The summed E-state index contributed by atoms with van der Waals surface area (Å²) in [5.74, 6) is -0.00699. The Morgan fingerprint density at radius 1 is 0.625 bits per heavy atom. The van der Waals surface area contributed by atoms with Gasteiger partial charge in [0.25, 0.3) is 0 Å². The van der Waals surface area contributed by atoms with Crippen LogP contribution in [0.25, 0.3) is 0 Å². The number of phenolic OH excluding ortho intramolecular Hbond substituents is 4. The van der Waals surface area contributed by atoms with Crippen molar-refractivity contribution in [2.75, 3.05) is 14.1 Å². The fourth-order valence-corrected chi connectivity index (χ4v) is 3.61. The Balaban J connectivity index is 2.13. The molecule has 0 radical (unpaired) electrons. The molecule has 24 heavy (non-hydrogen) atoms. The van der Waals surface area contributed by atoms with Gasteiger partial charge in [-0.15, -0.1) is 0 Å². The molecule has 128 valence electrons. The lowest BCUT2D eigenvalue weighted by molar-refractivity contribution is 0.181. The van der Waals surface area contributed by atoms with Crippen LogP contribution in [-0.4, -0.2) is 50.5 Å². The molecule has 0 bridgehead atoms. The molecule has 0 aromatic heterocycles. The molecule has 2 atom stereocenters. The molecule has 1 heterocycles. The highest BCUT2D eigenvalue weighted by atomic mass is 16.3. The summed E-state index contributed by atoms with van der Waals surface area (Å²) in [6.07, 6.45) is 0.0917. The van der Waals surface area contributed by atoms with E-state index in [1.165, 1.54) is 12.1 Å². The van der Waals surface area contributed by atoms with E-state index >= 15 is 0 Å². The molecule has 0 saturated carbocycles. The summed E-state index contributed by atoms with van der Waals surface area (Å²) in [6.45, 7) is 2.05. The SMILES string of the molecule is CC1N(C)[C@H](c2cc(O)cc(O)c2)[C@@H](c2cc(O)cc(O)c2)N1C. The molecule has 2 aromatic rings. The molecule has 6 nitrogen and oxygen atoms in total. The number of hydrogen-bond donors (Lipinski definition) is 4. The Labute approximate surface area is 140 Å². The topological polar surface area (TPSA) is 87.4 Å². The average molecular weight is 330 g/mol. The van der Waals surface area contributed by atoms with Crippen molar-refractivity contribution in [1.29, 1.82) is 0 Å². The van der Waals surface area contributed by atoms with Crippen LogP contribution in [0.3, 0.4) is 0 Å². The third-order valence-corrected chi connectivity index (χ3v) is 4.89. The quantitative estimate of drug-likeness (QED) is 0.677. The van der Waals surface area contributed by atoms with E-state index in [1.807, 2.05) is 14.1 Å². The van der Waals surface area contributed by atoms with E-state index in [2.05, 4.69) is 16.7 Å². The normalized spacial score (nSPS) is 23.0. The van der Waals surface area contributed by atoms with Gasteiger partial charge in [0.2, 0.25) is 0 Å². The second kappa shape index (κ2) is 5.89. The molecule has 0 unspecified atom stereocenters. The number of rotatable bonds is 2. The van der Waals surface area contributed by atoms with Gasteiger partial charge in [-0.3, -0.25) is 9.80 Å². The lowest BCUT2D eigenvalue weighted by Gasteiger charge is -2.27. The fraction of sp³-hybridized carbons (Fsp3) is 0.333. The lowest BCUT2D eigenvalue weighted by Crippen LogP contribution is -2.31. The smallest absolute Gasteiger partial charge is 0.119 e. The van der Waals surface area contributed by atoms with Gasteiger partial charge in [-0.1, -0.05) is 0 Å². The van der Waals surface area contributed by atoms with Crippen LogP contribution in [0.2, 0.25) is 0 Å². The summed E-state index contributed by atoms with van der Waals surface area (Å²) in [7, 11) is 3.94. The first kappa shape index (κ1) is 16.4. The van der Waals surface area contributed by atoms with Crippen molar-refractivity contribution in [2.45, 2.75) is 25.2 Å². The monoisotopic (exact) mass is 330 g/mol. The number of benzene rings is 2. The van der Waals surface area contributed by atoms with Gasteiger partial charge in [0.15, 0.2) is 0 Å². The third-order valence-electron chi connectivity index (χ3n) is 4.89. The van der Waals surface area contributed by atoms with Gasteiger partial charge in [-0.2, -0.15) is 0 Å². The van der Waals surface area contributed by atoms with Crippen molar-refractivity contribution >= 4 is 0 Å². The molecule has 0 aliphatic carbocycles. The summed E-state index contributed by atoms with van der Waals surface area (Å²) in [5, 5.41) is 39.4. The van der Waals surface area contributed by atoms with Gasteiger partial charge in [0.05, 0.1) is 18.2 Å². The highest BCUT2D eigenvalue weighted by Crippen LogP contribution is 2.47. The van der Waals surface area contributed by atoms with Crippen LogP contribution in [0.15, 0.2) is 36.4 Å². The van der Waals surface area contributed by atoms with Crippen LogP contribution in [0.1, 0.15) is 30.1 Å². The summed E-state index contributed by atoms with van der Waals surface area (Å²) < 4.78 is 0. The molecular formula is C18H22N2O4. The van der Waals surface area contributed by atoms with Crippen molar-refractivity contribution in [1.82, 2.24) is 9.80 Å². The molecule has 0 spiro atoms. The zero-order valence-corrected chi connectivity index (χ0v) is 13.9. The summed E-state index contributed by atoms with van der Waals surface area (Å²) in [4.78, 5) is 4.25. The Hall–Kier alpha value is -2.44.